The summed E-state index contributed by atoms with van der Waals surface area (Å²) in [4.78, 5) is 22.1. The van der Waals surface area contributed by atoms with Crippen LogP contribution in [0.25, 0.3) is 22.4 Å². The van der Waals surface area contributed by atoms with Crippen molar-refractivity contribution < 1.29 is 0 Å². The van der Waals surface area contributed by atoms with E-state index in [1.807, 2.05) is 12.2 Å². The monoisotopic (exact) mass is 308 g/mol. The van der Waals surface area contributed by atoms with Gasteiger partial charge < -0.3 is 4.98 Å². The van der Waals surface area contributed by atoms with Crippen LogP contribution in [0.3, 0.4) is 0 Å². The first kappa shape index (κ1) is 13.5. The van der Waals surface area contributed by atoms with Gasteiger partial charge in [-0.2, -0.15) is 0 Å². The summed E-state index contributed by atoms with van der Waals surface area (Å²) < 4.78 is 0. The quantitative estimate of drug-likeness (QED) is 0.779. The summed E-state index contributed by atoms with van der Waals surface area (Å²) in [7, 11) is 0. The lowest BCUT2D eigenvalue weighted by atomic mass is 10.1. The van der Waals surface area contributed by atoms with Crippen LogP contribution in [0.15, 0.2) is 29.1 Å². The van der Waals surface area contributed by atoms with Gasteiger partial charge >= 0.3 is 0 Å². The zero-order valence-electron chi connectivity index (χ0n) is 12.3. The molecule has 0 saturated heterocycles. The Kier molecular flexibility index (Phi) is 3.19. The van der Waals surface area contributed by atoms with Crippen molar-refractivity contribution in [2.24, 2.45) is 0 Å². The van der Waals surface area contributed by atoms with Gasteiger partial charge in [0.05, 0.1) is 5.39 Å². The zero-order chi connectivity index (χ0) is 15.1. The molecule has 0 spiro atoms. The molecule has 4 rings (SSSR count). The predicted molar refractivity (Wildman–Crippen MR) is 92.4 cm³/mol. The predicted octanol–water partition coefficient (Wildman–Crippen LogP) is 3.95. The number of fused-ring (bicyclic) bond motifs is 3. The van der Waals surface area contributed by atoms with Crippen LogP contribution in [0.5, 0.6) is 0 Å². The van der Waals surface area contributed by atoms with Crippen LogP contribution in [0.2, 0.25) is 0 Å². The van der Waals surface area contributed by atoms with Crippen LogP contribution < -0.4 is 5.56 Å². The van der Waals surface area contributed by atoms with E-state index < -0.39 is 0 Å². The van der Waals surface area contributed by atoms with Gasteiger partial charge in [0.15, 0.2) is 0 Å². The van der Waals surface area contributed by atoms with E-state index in [9.17, 15) is 4.79 Å². The Bertz CT molecular complexity index is 932. The van der Waals surface area contributed by atoms with E-state index in [-0.39, 0.29) is 5.56 Å². The average Bonchev–Trinajstić information content (AvgIpc) is 3.06. The molecule has 110 valence electrons. The Labute approximate surface area is 132 Å². The fraction of sp³-hybridized carbons (Fsp3) is 0.222. The molecular weight excluding hydrogens is 292 g/mol. The second-order valence-electron chi connectivity index (χ2n) is 5.73. The molecule has 1 N–H and O–H groups in total. The molecule has 0 bridgehead atoms. The zero-order valence-corrected chi connectivity index (χ0v) is 13.2. The molecule has 1 aliphatic rings. The molecule has 1 aromatic carbocycles. The number of rotatable bonds is 2. The second kappa shape index (κ2) is 5.21. The summed E-state index contributed by atoms with van der Waals surface area (Å²) in [6, 6.07) is 8.26. The lowest BCUT2D eigenvalue weighted by Gasteiger charge is -1.97. The summed E-state index contributed by atoms with van der Waals surface area (Å²) in [5.41, 5.74) is 3.55. The molecule has 3 nitrogen and oxygen atoms in total. The first-order chi connectivity index (χ1) is 10.7. The Balaban J connectivity index is 1.74. The number of nitrogens with one attached hydrogen (secondary N) is 1. The van der Waals surface area contributed by atoms with Gasteiger partial charge in [-0.3, -0.25) is 4.79 Å². The number of H-pyrrole nitrogens is 1. The SMILES string of the molecule is Cc1ccc(/C=C/c2nc3sc4c(c3c(=O)[nH]2)CCC4)cc1. The van der Waals surface area contributed by atoms with Gasteiger partial charge in [-0.25, -0.2) is 4.98 Å². The minimum Gasteiger partial charge on any atom is -0.306 e. The fourth-order valence-corrected chi connectivity index (χ4v) is 4.22. The van der Waals surface area contributed by atoms with Crippen LogP contribution in [-0.2, 0) is 12.8 Å². The number of nitrogens with zero attached hydrogens (tertiary/aromatic N) is 1. The van der Waals surface area contributed by atoms with Crippen LogP contribution in [-0.4, -0.2) is 9.97 Å². The molecular formula is C18H16N2OS. The molecule has 0 unspecified atom stereocenters. The topological polar surface area (TPSA) is 45.8 Å². The van der Waals surface area contributed by atoms with Gasteiger partial charge in [-0.15, -0.1) is 11.3 Å². The van der Waals surface area contributed by atoms with Crippen molar-refractivity contribution >= 4 is 33.7 Å². The molecule has 0 radical (unpaired) electrons. The van der Waals surface area contributed by atoms with Gasteiger partial charge in [0.1, 0.15) is 10.7 Å². The first-order valence-electron chi connectivity index (χ1n) is 7.50. The van der Waals surface area contributed by atoms with E-state index in [0.717, 1.165) is 35.0 Å². The summed E-state index contributed by atoms with van der Waals surface area (Å²) in [6.07, 6.45) is 7.11. The third-order valence-corrected chi connectivity index (χ3v) is 5.29. The van der Waals surface area contributed by atoms with Crippen LogP contribution >= 0.6 is 11.3 Å². The first-order valence-corrected chi connectivity index (χ1v) is 8.32. The summed E-state index contributed by atoms with van der Waals surface area (Å²) in [5, 5.41) is 0.810. The van der Waals surface area contributed by atoms with Gasteiger partial charge in [-0.1, -0.05) is 35.9 Å². The average molecular weight is 308 g/mol. The van der Waals surface area contributed by atoms with Crippen molar-refractivity contribution in [3.8, 4) is 0 Å². The molecule has 2 aromatic heterocycles. The summed E-state index contributed by atoms with van der Waals surface area (Å²) in [6.45, 7) is 2.07. The van der Waals surface area contributed by atoms with E-state index in [4.69, 9.17) is 0 Å². The van der Waals surface area contributed by atoms with E-state index in [1.54, 1.807) is 11.3 Å². The Hall–Kier alpha value is -2.20. The second-order valence-corrected chi connectivity index (χ2v) is 6.82. The number of aromatic nitrogens is 2. The maximum atomic E-state index is 12.4. The third-order valence-electron chi connectivity index (χ3n) is 4.10. The molecule has 0 saturated carbocycles. The number of benzene rings is 1. The molecule has 4 heteroatoms. The Morgan fingerprint density at radius 3 is 2.82 bits per heavy atom. The highest BCUT2D eigenvalue weighted by Crippen LogP contribution is 2.34. The van der Waals surface area contributed by atoms with Crippen LogP contribution in [0, 0.1) is 6.92 Å². The normalized spacial score (nSPS) is 14.0. The van der Waals surface area contributed by atoms with E-state index in [1.165, 1.54) is 16.0 Å². The van der Waals surface area contributed by atoms with Gasteiger partial charge in [-0.05, 0) is 43.4 Å². The molecule has 2 heterocycles. The van der Waals surface area contributed by atoms with Crippen molar-refractivity contribution in [1.82, 2.24) is 9.97 Å². The maximum Gasteiger partial charge on any atom is 0.260 e. The largest absolute Gasteiger partial charge is 0.306 e. The lowest BCUT2D eigenvalue weighted by Crippen LogP contribution is -2.09. The number of hydrogen-bond donors (Lipinski definition) is 1. The van der Waals surface area contributed by atoms with E-state index >= 15 is 0 Å². The van der Waals surface area contributed by atoms with Crippen LogP contribution in [0.4, 0.5) is 0 Å². The summed E-state index contributed by atoms with van der Waals surface area (Å²) >= 11 is 1.67. The number of thiophene rings is 1. The van der Waals surface area contributed by atoms with Crippen molar-refractivity contribution in [3.63, 3.8) is 0 Å². The van der Waals surface area contributed by atoms with E-state index in [0.29, 0.717) is 5.82 Å². The van der Waals surface area contributed by atoms with E-state index in [2.05, 4.69) is 41.2 Å². The number of aromatic amines is 1. The molecule has 3 aromatic rings. The molecule has 0 fully saturated rings. The van der Waals surface area contributed by atoms with Gasteiger partial charge in [0.2, 0.25) is 0 Å². The highest BCUT2D eigenvalue weighted by atomic mass is 32.1. The molecule has 0 aliphatic heterocycles. The van der Waals surface area contributed by atoms with Crippen molar-refractivity contribution in [3.05, 3.63) is 62.0 Å². The third kappa shape index (κ3) is 2.29. The van der Waals surface area contributed by atoms with Crippen molar-refractivity contribution in [2.75, 3.05) is 0 Å². The molecule has 0 amide bonds. The fourth-order valence-electron chi connectivity index (χ4n) is 2.95. The number of hydrogen-bond acceptors (Lipinski definition) is 3. The number of aryl methyl sites for hydroxylation is 3. The smallest absolute Gasteiger partial charge is 0.260 e. The van der Waals surface area contributed by atoms with Gasteiger partial charge in [0, 0.05) is 4.88 Å². The van der Waals surface area contributed by atoms with Crippen LogP contribution in [0.1, 0.15) is 33.8 Å². The van der Waals surface area contributed by atoms with Crippen molar-refractivity contribution in [2.45, 2.75) is 26.2 Å². The summed E-state index contributed by atoms with van der Waals surface area (Å²) in [5.74, 6) is 0.623. The van der Waals surface area contributed by atoms with Crippen molar-refractivity contribution in [1.29, 1.82) is 0 Å². The lowest BCUT2D eigenvalue weighted by molar-refractivity contribution is 0.916. The highest BCUT2D eigenvalue weighted by Gasteiger charge is 2.20. The Morgan fingerprint density at radius 1 is 1.18 bits per heavy atom. The minimum atomic E-state index is -0.00652. The standard InChI is InChI=1S/C18H16N2OS/c1-11-5-7-12(8-6-11)9-10-15-19-17(21)16-13-3-2-4-14(13)22-18(16)20-15/h5-10H,2-4H2,1H3,(H,19,20,21)/b10-9+. The molecule has 0 atom stereocenters. The molecule has 22 heavy (non-hydrogen) atoms. The minimum absolute atomic E-state index is 0.00652. The highest BCUT2D eigenvalue weighted by molar-refractivity contribution is 7.18. The maximum absolute atomic E-state index is 12.4. The van der Waals surface area contributed by atoms with Gasteiger partial charge in [0.25, 0.3) is 5.56 Å². The Morgan fingerprint density at radius 2 is 2.00 bits per heavy atom. The molecule has 1 aliphatic carbocycles.